The second-order valence-electron chi connectivity index (χ2n) is 4.23. The number of halogens is 3. The molecule has 0 aromatic heterocycles. The minimum absolute atomic E-state index is 0.0320. The first kappa shape index (κ1) is 8.88. The van der Waals surface area contributed by atoms with Gasteiger partial charge in [-0.2, -0.15) is 0 Å². The molecule has 0 heterocycles. The Morgan fingerprint density at radius 2 is 1.55 bits per heavy atom. The Kier molecular flexibility index (Phi) is 1.73. The van der Waals surface area contributed by atoms with Gasteiger partial charge in [-0.05, 0) is 6.42 Å². The molecule has 0 aromatic carbocycles. The SMILES string of the molecule is CC(C)(C)C(F)(F)C1C[C@@H]1F. The van der Waals surface area contributed by atoms with E-state index in [1.54, 1.807) is 0 Å². The number of rotatable bonds is 1. The molecular weight excluding hydrogens is 153 g/mol. The zero-order chi connectivity index (χ0) is 8.86. The smallest absolute Gasteiger partial charge is 0.247 e. The standard InChI is InChI=1S/C8H13F3/c1-7(2,3)8(10,11)5-4-6(5)9/h5-6H,4H2,1-3H3/t5?,6-/m0/s1. The van der Waals surface area contributed by atoms with Crippen LogP contribution in [0, 0.1) is 11.3 Å². The lowest BCUT2D eigenvalue weighted by Gasteiger charge is -2.30. The highest BCUT2D eigenvalue weighted by Gasteiger charge is 2.60. The number of hydrogen-bond donors (Lipinski definition) is 0. The van der Waals surface area contributed by atoms with Crippen LogP contribution in [0.3, 0.4) is 0 Å². The monoisotopic (exact) mass is 166 g/mol. The van der Waals surface area contributed by atoms with Crippen LogP contribution in [0.2, 0.25) is 0 Å². The van der Waals surface area contributed by atoms with Crippen molar-refractivity contribution in [3.05, 3.63) is 0 Å². The molecule has 0 bridgehead atoms. The van der Waals surface area contributed by atoms with Crippen LogP contribution >= 0.6 is 0 Å². The van der Waals surface area contributed by atoms with E-state index >= 15 is 0 Å². The van der Waals surface area contributed by atoms with Crippen molar-refractivity contribution < 1.29 is 13.2 Å². The van der Waals surface area contributed by atoms with Gasteiger partial charge in [0.15, 0.2) is 0 Å². The maximum atomic E-state index is 13.1. The summed E-state index contributed by atoms with van der Waals surface area (Å²) >= 11 is 0. The van der Waals surface area contributed by atoms with Crippen LogP contribution in [0.1, 0.15) is 27.2 Å². The maximum Gasteiger partial charge on any atom is 0.258 e. The molecule has 0 aromatic rings. The first-order chi connectivity index (χ1) is 4.77. The fourth-order valence-electron chi connectivity index (χ4n) is 1.10. The molecular formula is C8H13F3. The Bertz CT molecular complexity index is 157. The van der Waals surface area contributed by atoms with Gasteiger partial charge in [-0.25, -0.2) is 13.2 Å². The van der Waals surface area contributed by atoms with E-state index in [2.05, 4.69) is 0 Å². The molecule has 0 spiro atoms. The van der Waals surface area contributed by atoms with Crippen molar-refractivity contribution in [2.24, 2.45) is 11.3 Å². The second-order valence-corrected chi connectivity index (χ2v) is 4.23. The minimum Gasteiger partial charge on any atom is -0.247 e. The van der Waals surface area contributed by atoms with Gasteiger partial charge in [-0.15, -0.1) is 0 Å². The zero-order valence-corrected chi connectivity index (χ0v) is 7.00. The van der Waals surface area contributed by atoms with Gasteiger partial charge in [0.05, 0.1) is 5.92 Å². The molecule has 3 heteroatoms. The van der Waals surface area contributed by atoms with Crippen LogP contribution in [0.25, 0.3) is 0 Å². The van der Waals surface area contributed by atoms with E-state index < -0.39 is 23.4 Å². The predicted molar refractivity (Wildman–Crippen MR) is 37.4 cm³/mol. The fourth-order valence-corrected chi connectivity index (χ4v) is 1.10. The highest BCUT2D eigenvalue weighted by Crippen LogP contribution is 2.53. The molecule has 0 amide bonds. The first-order valence-corrected chi connectivity index (χ1v) is 3.78. The summed E-state index contributed by atoms with van der Waals surface area (Å²) in [6.07, 6.45) is -1.24. The molecule has 0 aliphatic heterocycles. The van der Waals surface area contributed by atoms with E-state index in [-0.39, 0.29) is 6.42 Å². The molecule has 0 N–H and O–H groups in total. The lowest BCUT2D eigenvalue weighted by Crippen LogP contribution is -2.36. The third-order valence-electron chi connectivity index (χ3n) is 2.18. The molecule has 66 valence electrons. The number of alkyl halides is 3. The molecule has 1 fully saturated rings. The summed E-state index contributed by atoms with van der Waals surface area (Å²) in [7, 11) is 0. The van der Waals surface area contributed by atoms with E-state index in [1.807, 2.05) is 0 Å². The molecule has 1 aliphatic rings. The third-order valence-corrected chi connectivity index (χ3v) is 2.18. The predicted octanol–water partition coefficient (Wildman–Crippen LogP) is 3.03. The topological polar surface area (TPSA) is 0 Å². The fraction of sp³-hybridized carbons (Fsp3) is 1.00. The van der Waals surface area contributed by atoms with Crippen LogP contribution in [-0.4, -0.2) is 12.1 Å². The van der Waals surface area contributed by atoms with E-state index in [1.165, 1.54) is 20.8 Å². The van der Waals surface area contributed by atoms with Crippen LogP contribution in [0.15, 0.2) is 0 Å². The molecule has 1 unspecified atom stereocenters. The van der Waals surface area contributed by atoms with Crippen molar-refractivity contribution in [1.82, 2.24) is 0 Å². The molecule has 2 atom stereocenters. The molecule has 0 nitrogen and oxygen atoms in total. The quantitative estimate of drug-likeness (QED) is 0.561. The Morgan fingerprint density at radius 3 is 1.64 bits per heavy atom. The van der Waals surface area contributed by atoms with Crippen molar-refractivity contribution in [2.75, 3.05) is 0 Å². The molecule has 1 aliphatic carbocycles. The van der Waals surface area contributed by atoms with Gasteiger partial charge in [0.25, 0.3) is 5.92 Å². The second kappa shape index (κ2) is 2.14. The third kappa shape index (κ3) is 1.37. The van der Waals surface area contributed by atoms with Crippen molar-refractivity contribution >= 4 is 0 Å². The summed E-state index contributed by atoms with van der Waals surface area (Å²) in [6, 6.07) is 0. The zero-order valence-electron chi connectivity index (χ0n) is 7.00. The molecule has 1 rings (SSSR count). The van der Waals surface area contributed by atoms with Gasteiger partial charge in [0.2, 0.25) is 0 Å². The average molecular weight is 166 g/mol. The Balaban J connectivity index is 2.67. The van der Waals surface area contributed by atoms with Gasteiger partial charge >= 0.3 is 0 Å². The lowest BCUT2D eigenvalue weighted by atomic mass is 9.85. The van der Waals surface area contributed by atoms with Crippen LogP contribution < -0.4 is 0 Å². The van der Waals surface area contributed by atoms with Gasteiger partial charge in [-0.3, -0.25) is 0 Å². The Morgan fingerprint density at radius 1 is 1.18 bits per heavy atom. The molecule has 0 saturated heterocycles. The van der Waals surface area contributed by atoms with Gasteiger partial charge in [0.1, 0.15) is 6.17 Å². The average Bonchev–Trinajstić information content (AvgIpc) is 2.43. The summed E-state index contributed by atoms with van der Waals surface area (Å²) in [5, 5.41) is 0. The lowest BCUT2D eigenvalue weighted by molar-refractivity contribution is -0.119. The van der Waals surface area contributed by atoms with Crippen molar-refractivity contribution in [1.29, 1.82) is 0 Å². The first-order valence-electron chi connectivity index (χ1n) is 3.78. The van der Waals surface area contributed by atoms with Gasteiger partial charge in [0, 0.05) is 5.41 Å². The van der Waals surface area contributed by atoms with E-state index in [0.717, 1.165) is 0 Å². The Hall–Kier alpha value is -0.210. The van der Waals surface area contributed by atoms with Crippen LogP contribution in [-0.2, 0) is 0 Å². The maximum absolute atomic E-state index is 13.1. The van der Waals surface area contributed by atoms with Gasteiger partial charge < -0.3 is 0 Å². The van der Waals surface area contributed by atoms with E-state index in [4.69, 9.17) is 0 Å². The molecule has 1 saturated carbocycles. The summed E-state index contributed by atoms with van der Waals surface area (Å²) in [5.41, 5.74) is -1.11. The van der Waals surface area contributed by atoms with Crippen molar-refractivity contribution in [3.63, 3.8) is 0 Å². The highest BCUT2D eigenvalue weighted by molar-refractivity contribution is 5.01. The molecule has 11 heavy (non-hydrogen) atoms. The van der Waals surface area contributed by atoms with Crippen LogP contribution in [0.4, 0.5) is 13.2 Å². The summed E-state index contributed by atoms with van der Waals surface area (Å²) in [4.78, 5) is 0. The van der Waals surface area contributed by atoms with Crippen molar-refractivity contribution in [2.45, 2.75) is 39.3 Å². The van der Waals surface area contributed by atoms with Gasteiger partial charge in [-0.1, -0.05) is 20.8 Å². The Labute approximate surface area is 64.8 Å². The van der Waals surface area contributed by atoms with E-state index in [9.17, 15) is 13.2 Å². The summed E-state index contributed by atoms with van der Waals surface area (Å²) in [6.45, 7) is 4.33. The highest BCUT2D eigenvalue weighted by atomic mass is 19.3. The minimum atomic E-state index is -2.85. The summed E-state index contributed by atoms with van der Waals surface area (Å²) in [5.74, 6) is -3.88. The normalized spacial score (nSPS) is 32.2. The van der Waals surface area contributed by atoms with Crippen molar-refractivity contribution in [3.8, 4) is 0 Å². The van der Waals surface area contributed by atoms with Crippen LogP contribution in [0.5, 0.6) is 0 Å². The van der Waals surface area contributed by atoms with E-state index in [0.29, 0.717) is 0 Å². The summed E-state index contributed by atoms with van der Waals surface area (Å²) < 4.78 is 38.6. The largest absolute Gasteiger partial charge is 0.258 e. The number of hydrogen-bond acceptors (Lipinski definition) is 0. The molecule has 0 radical (unpaired) electrons.